The van der Waals surface area contributed by atoms with Crippen LogP contribution in [0.15, 0.2) is 30.3 Å². The molecule has 0 saturated carbocycles. The van der Waals surface area contributed by atoms with E-state index in [0.29, 0.717) is 5.02 Å². The van der Waals surface area contributed by atoms with Crippen LogP contribution in [-0.2, 0) is 0 Å². The lowest BCUT2D eigenvalue weighted by Crippen LogP contribution is -2.13. The minimum absolute atomic E-state index is 0.0351. The summed E-state index contributed by atoms with van der Waals surface area (Å²) in [5.41, 5.74) is 5.91. The van der Waals surface area contributed by atoms with Crippen LogP contribution in [0.4, 0.5) is 15.8 Å². The van der Waals surface area contributed by atoms with Crippen LogP contribution >= 0.6 is 34.8 Å². The SMILES string of the molecule is Nc1cc(C(=O)Nc2cc(Cl)ccc2F)cc(Cl)c1Cl. The number of nitrogen functional groups attached to an aromatic ring is 1. The van der Waals surface area contributed by atoms with E-state index in [-0.39, 0.29) is 27.0 Å². The fourth-order valence-electron chi connectivity index (χ4n) is 1.53. The zero-order valence-corrected chi connectivity index (χ0v) is 12.2. The van der Waals surface area contributed by atoms with Crippen molar-refractivity contribution in [2.75, 3.05) is 11.1 Å². The van der Waals surface area contributed by atoms with Gasteiger partial charge in [0, 0.05) is 10.6 Å². The Labute approximate surface area is 129 Å². The average Bonchev–Trinajstić information content (AvgIpc) is 2.39. The van der Waals surface area contributed by atoms with Crippen molar-refractivity contribution in [3.8, 4) is 0 Å². The van der Waals surface area contributed by atoms with E-state index < -0.39 is 11.7 Å². The van der Waals surface area contributed by atoms with Gasteiger partial charge in [0.15, 0.2) is 0 Å². The third-order valence-corrected chi connectivity index (χ3v) is 3.55. The molecule has 0 heterocycles. The predicted octanol–water partition coefficient (Wildman–Crippen LogP) is 4.62. The molecule has 104 valence electrons. The van der Waals surface area contributed by atoms with Gasteiger partial charge in [-0.2, -0.15) is 0 Å². The lowest BCUT2D eigenvalue weighted by Gasteiger charge is -2.09. The van der Waals surface area contributed by atoms with Crippen LogP contribution < -0.4 is 11.1 Å². The molecule has 0 saturated heterocycles. The summed E-state index contributed by atoms with van der Waals surface area (Å²) >= 11 is 17.4. The van der Waals surface area contributed by atoms with Crippen molar-refractivity contribution in [3.05, 3.63) is 56.8 Å². The molecule has 0 spiro atoms. The molecule has 0 aliphatic rings. The van der Waals surface area contributed by atoms with E-state index in [4.69, 9.17) is 40.5 Å². The second kappa shape index (κ2) is 5.87. The van der Waals surface area contributed by atoms with Gasteiger partial charge in [0.25, 0.3) is 5.91 Å². The Morgan fingerprint density at radius 3 is 2.50 bits per heavy atom. The highest BCUT2D eigenvalue weighted by atomic mass is 35.5. The first kappa shape index (κ1) is 14.9. The molecule has 1 amide bonds. The number of nitrogens with one attached hydrogen (secondary N) is 1. The van der Waals surface area contributed by atoms with E-state index in [1.807, 2.05) is 0 Å². The van der Waals surface area contributed by atoms with Crippen LogP contribution in [0.3, 0.4) is 0 Å². The summed E-state index contributed by atoms with van der Waals surface area (Å²) in [4.78, 5) is 12.0. The molecule has 0 aliphatic heterocycles. The first-order valence-corrected chi connectivity index (χ1v) is 6.53. The molecule has 0 aliphatic carbocycles. The average molecular weight is 334 g/mol. The molecule has 0 aromatic heterocycles. The Bertz CT molecular complexity index is 668. The van der Waals surface area contributed by atoms with E-state index in [9.17, 15) is 9.18 Å². The molecule has 0 atom stereocenters. The smallest absolute Gasteiger partial charge is 0.255 e. The van der Waals surface area contributed by atoms with Crippen LogP contribution in [-0.4, -0.2) is 5.91 Å². The van der Waals surface area contributed by atoms with E-state index in [1.54, 1.807) is 0 Å². The van der Waals surface area contributed by atoms with E-state index in [0.717, 1.165) is 6.07 Å². The molecule has 0 bridgehead atoms. The van der Waals surface area contributed by atoms with Crippen LogP contribution in [0.5, 0.6) is 0 Å². The van der Waals surface area contributed by atoms with Gasteiger partial charge in [-0.1, -0.05) is 34.8 Å². The molecule has 3 nitrogen and oxygen atoms in total. The number of halogens is 4. The summed E-state index contributed by atoms with van der Waals surface area (Å²) in [6.07, 6.45) is 0. The Morgan fingerprint density at radius 1 is 1.15 bits per heavy atom. The Kier molecular flexibility index (Phi) is 4.38. The summed E-state index contributed by atoms with van der Waals surface area (Å²) in [5.74, 6) is -1.17. The topological polar surface area (TPSA) is 55.1 Å². The second-order valence-corrected chi connectivity index (χ2v) is 5.16. The van der Waals surface area contributed by atoms with Crippen molar-refractivity contribution in [3.63, 3.8) is 0 Å². The van der Waals surface area contributed by atoms with Gasteiger partial charge >= 0.3 is 0 Å². The zero-order chi connectivity index (χ0) is 14.9. The molecular formula is C13H8Cl3FN2O. The number of carbonyl (C=O) groups excluding carboxylic acids is 1. The van der Waals surface area contributed by atoms with Crippen LogP contribution in [0.1, 0.15) is 10.4 Å². The first-order valence-electron chi connectivity index (χ1n) is 5.39. The first-order chi connectivity index (χ1) is 9.38. The molecule has 20 heavy (non-hydrogen) atoms. The predicted molar refractivity (Wildman–Crippen MR) is 80.2 cm³/mol. The number of hydrogen-bond donors (Lipinski definition) is 2. The molecular weight excluding hydrogens is 326 g/mol. The number of carbonyl (C=O) groups is 1. The summed E-state index contributed by atoms with van der Waals surface area (Å²) in [5, 5.41) is 2.99. The Balaban J connectivity index is 2.31. The monoisotopic (exact) mass is 332 g/mol. The molecule has 0 fully saturated rings. The van der Waals surface area contributed by atoms with Crippen molar-refractivity contribution < 1.29 is 9.18 Å². The number of benzene rings is 2. The molecule has 0 radical (unpaired) electrons. The van der Waals surface area contributed by atoms with Crippen LogP contribution in [0.2, 0.25) is 15.1 Å². The highest BCUT2D eigenvalue weighted by Crippen LogP contribution is 2.30. The highest BCUT2D eigenvalue weighted by Gasteiger charge is 2.13. The van der Waals surface area contributed by atoms with E-state index in [1.165, 1.54) is 24.3 Å². The summed E-state index contributed by atoms with van der Waals surface area (Å²) in [6, 6.07) is 6.53. The van der Waals surface area contributed by atoms with E-state index >= 15 is 0 Å². The van der Waals surface area contributed by atoms with Gasteiger partial charge in [0.05, 0.1) is 21.4 Å². The van der Waals surface area contributed by atoms with E-state index in [2.05, 4.69) is 5.32 Å². The molecule has 2 aromatic carbocycles. The normalized spacial score (nSPS) is 10.4. The fraction of sp³-hybridized carbons (Fsp3) is 0. The van der Waals surface area contributed by atoms with Crippen LogP contribution in [0, 0.1) is 5.82 Å². The minimum Gasteiger partial charge on any atom is -0.397 e. The summed E-state index contributed by atoms with van der Waals surface area (Å²) in [6.45, 7) is 0. The van der Waals surface area contributed by atoms with Gasteiger partial charge in [-0.25, -0.2) is 4.39 Å². The fourth-order valence-corrected chi connectivity index (χ4v) is 2.04. The standard InChI is InChI=1S/C13H8Cl3FN2O/c14-7-1-2-9(17)11(5-7)19-13(20)6-3-8(15)12(16)10(18)4-6/h1-5H,18H2,(H,19,20). The van der Waals surface area contributed by atoms with Gasteiger partial charge in [-0.3, -0.25) is 4.79 Å². The minimum atomic E-state index is -0.601. The molecule has 2 aromatic rings. The van der Waals surface area contributed by atoms with Crippen molar-refractivity contribution in [1.82, 2.24) is 0 Å². The number of amides is 1. The maximum atomic E-state index is 13.5. The molecule has 7 heteroatoms. The Hall–Kier alpha value is -1.49. The maximum absolute atomic E-state index is 13.5. The Morgan fingerprint density at radius 2 is 1.85 bits per heavy atom. The van der Waals surface area contributed by atoms with Crippen molar-refractivity contribution >= 4 is 52.1 Å². The van der Waals surface area contributed by atoms with Gasteiger partial charge < -0.3 is 11.1 Å². The molecule has 3 N–H and O–H groups in total. The lowest BCUT2D eigenvalue weighted by atomic mass is 10.2. The molecule has 0 unspecified atom stereocenters. The quantitative estimate of drug-likeness (QED) is 0.788. The number of anilines is 2. The number of nitrogens with two attached hydrogens (primary N) is 1. The zero-order valence-electron chi connectivity index (χ0n) is 9.88. The van der Waals surface area contributed by atoms with Gasteiger partial charge in [0.1, 0.15) is 5.82 Å². The highest BCUT2D eigenvalue weighted by molar-refractivity contribution is 6.44. The third kappa shape index (κ3) is 3.15. The van der Waals surface area contributed by atoms with Crippen molar-refractivity contribution in [1.29, 1.82) is 0 Å². The maximum Gasteiger partial charge on any atom is 0.255 e. The van der Waals surface area contributed by atoms with Crippen molar-refractivity contribution in [2.45, 2.75) is 0 Å². The number of hydrogen-bond acceptors (Lipinski definition) is 2. The third-order valence-electron chi connectivity index (χ3n) is 2.50. The largest absolute Gasteiger partial charge is 0.397 e. The molecule has 2 rings (SSSR count). The van der Waals surface area contributed by atoms with Gasteiger partial charge in [-0.05, 0) is 30.3 Å². The summed E-state index contributed by atoms with van der Waals surface area (Å²) in [7, 11) is 0. The summed E-state index contributed by atoms with van der Waals surface area (Å²) < 4.78 is 13.5. The van der Waals surface area contributed by atoms with Gasteiger partial charge in [0.2, 0.25) is 0 Å². The lowest BCUT2D eigenvalue weighted by molar-refractivity contribution is 0.102. The van der Waals surface area contributed by atoms with Gasteiger partial charge in [-0.15, -0.1) is 0 Å². The van der Waals surface area contributed by atoms with Crippen LogP contribution in [0.25, 0.3) is 0 Å². The number of rotatable bonds is 2. The second-order valence-electron chi connectivity index (χ2n) is 3.94. The van der Waals surface area contributed by atoms with Crippen molar-refractivity contribution in [2.24, 2.45) is 0 Å².